The summed E-state index contributed by atoms with van der Waals surface area (Å²) in [6, 6.07) is 23.7. The van der Waals surface area contributed by atoms with Crippen molar-refractivity contribution < 1.29 is 14.3 Å². The van der Waals surface area contributed by atoms with Crippen molar-refractivity contribution in [2.24, 2.45) is 0 Å². The average Bonchev–Trinajstić information content (AvgIpc) is 2.84. The second-order valence-electron chi connectivity index (χ2n) is 7.63. The Balaban J connectivity index is 1.47. The van der Waals surface area contributed by atoms with E-state index in [1.807, 2.05) is 42.5 Å². The number of benzene rings is 3. The van der Waals surface area contributed by atoms with Crippen molar-refractivity contribution >= 4 is 17.5 Å². The summed E-state index contributed by atoms with van der Waals surface area (Å²) in [5.74, 6) is 0.404. The van der Waals surface area contributed by atoms with Gasteiger partial charge in [0.2, 0.25) is 0 Å². The van der Waals surface area contributed by atoms with Crippen LogP contribution in [0.2, 0.25) is 0 Å². The van der Waals surface area contributed by atoms with Gasteiger partial charge in [-0.1, -0.05) is 56.5 Å². The zero-order chi connectivity index (χ0) is 22.6. The highest BCUT2D eigenvalue weighted by atomic mass is 16.5. The van der Waals surface area contributed by atoms with Gasteiger partial charge >= 0.3 is 0 Å². The minimum absolute atomic E-state index is 0.156. The Morgan fingerprint density at radius 1 is 0.750 bits per heavy atom. The van der Waals surface area contributed by atoms with Crippen LogP contribution in [-0.2, 0) is 6.54 Å². The Labute approximate surface area is 189 Å². The lowest BCUT2D eigenvalue weighted by Gasteiger charge is -2.09. The average molecular weight is 431 g/mol. The van der Waals surface area contributed by atoms with Gasteiger partial charge < -0.3 is 15.4 Å². The molecular weight excluding hydrogens is 400 g/mol. The molecule has 0 spiro atoms. The Kier molecular flexibility index (Phi) is 8.87. The predicted octanol–water partition coefficient (Wildman–Crippen LogP) is 5.83. The number of nitrogens with one attached hydrogen (secondary N) is 2. The van der Waals surface area contributed by atoms with Gasteiger partial charge in [-0.25, -0.2) is 0 Å². The molecule has 2 amide bonds. The number of carbonyl (C=O) groups excluding carboxylic acids is 2. The van der Waals surface area contributed by atoms with Crippen LogP contribution in [0.3, 0.4) is 0 Å². The highest BCUT2D eigenvalue weighted by Crippen LogP contribution is 2.16. The fourth-order valence-corrected chi connectivity index (χ4v) is 3.21. The Morgan fingerprint density at radius 2 is 1.41 bits per heavy atom. The maximum atomic E-state index is 12.5. The first-order valence-electron chi connectivity index (χ1n) is 11.1. The van der Waals surface area contributed by atoms with E-state index >= 15 is 0 Å². The van der Waals surface area contributed by atoms with Crippen molar-refractivity contribution in [3.05, 3.63) is 95.6 Å². The number of amides is 2. The molecule has 5 heteroatoms. The summed E-state index contributed by atoms with van der Waals surface area (Å²) in [6.45, 7) is 3.34. The molecule has 0 fully saturated rings. The molecule has 5 nitrogen and oxygen atoms in total. The monoisotopic (exact) mass is 430 g/mol. The standard InChI is InChI=1S/C27H30N2O3/c1-2-3-4-8-19-32-25-17-13-23(14-18-25)27(31)29-24-15-11-22(12-16-24)26(30)28-20-21-9-6-5-7-10-21/h5-7,9-18H,2-4,8,19-20H2,1H3,(H,28,30)(H,29,31). The zero-order valence-electron chi connectivity index (χ0n) is 18.5. The highest BCUT2D eigenvalue weighted by Gasteiger charge is 2.09. The van der Waals surface area contributed by atoms with E-state index in [4.69, 9.17) is 4.74 Å². The van der Waals surface area contributed by atoms with Crippen LogP contribution in [0.5, 0.6) is 5.75 Å². The smallest absolute Gasteiger partial charge is 0.255 e. The fourth-order valence-electron chi connectivity index (χ4n) is 3.21. The third kappa shape index (κ3) is 7.27. The van der Waals surface area contributed by atoms with Gasteiger partial charge in [-0.15, -0.1) is 0 Å². The summed E-state index contributed by atoms with van der Waals surface area (Å²) >= 11 is 0. The molecule has 3 aromatic rings. The van der Waals surface area contributed by atoms with Crippen molar-refractivity contribution in [2.75, 3.05) is 11.9 Å². The van der Waals surface area contributed by atoms with Crippen LogP contribution in [0.25, 0.3) is 0 Å². The molecule has 0 aromatic heterocycles. The van der Waals surface area contributed by atoms with Crippen LogP contribution in [0, 0.1) is 0 Å². The SMILES string of the molecule is CCCCCCOc1ccc(C(=O)Nc2ccc(C(=O)NCc3ccccc3)cc2)cc1. The van der Waals surface area contributed by atoms with Crippen LogP contribution in [0.4, 0.5) is 5.69 Å². The highest BCUT2D eigenvalue weighted by molar-refractivity contribution is 6.04. The van der Waals surface area contributed by atoms with E-state index in [2.05, 4.69) is 17.6 Å². The minimum atomic E-state index is -0.208. The topological polar surface area (TPSA) is 67.4 Å². The van der Waals surface area contributed by atoms with Crippen LogP contribution in [0.15, 0.2) is 78.9 Å². The predicted molar refractivity (Wildman–Crippen MR) is 128 cm³/mol. The van der Waals surface area contributed by atoms with E-state index in [1.165, 1.54) is 19.3 Å². The third-order valence-corrected chi connectivity index (χ3v) is 5.08. The quantitative estimate of drug-likeness (QED) is 0.376. The first-order valence-corrected chi connectivity index (χ1v) is 11.1. The first kappa shape index (κ1) is 23.1. The van der Waals surface area contributed by atoms with E-state index in [9.17, 15) is 9.59 Å². The maximum Gasteiger partial charge on any atom is 0.255 e. The number of ether oxygens (including phenoxy) is 1. The van der Waals surface area contributed by atoms with E-state index < -0.39 is 0 Å². The van der Waals surface area contributed by atoms with Crippen LogP contribution >= 0.6 is 0 Å². The molecule has 0 bridgehead atoms. The second kappa shape index (κ2) is 12.3. The Hall–Kier alpha value is -3.60. The van der Waals surface area contributed by atoms with Gasteiger partial charge in [0.1, 0.15) is 5.75 Å². The molecular formula is C27H30N2O3. The van der Waals surface area contributed by atoms with Crippen LogP contribution in [0.1, 0.15) is 58.9 Å². The molecule has 0 heterocycles. The van der Waals surface area contributed by atoms with Gasteiger partial charge in [0.05, 0.1) is 6.61 Å². The van der Waals surface area contributed by atoms with E-state index in [0.717, 1.165) is 17.7 Å². The van der Waals surface area contributed by atoms with E-state index in [1.54, 1.807) is 36.4 Å². The van der Waals surface area contributed by atoms with Gasteiger partial charge in [0.15, 0.2) is 0 Å². The molecule has 2 N–H and O–H groups in total. The fraction of sp³-hybridized carbons (Fsp3) is 0.259. The molecule has 0 saturated heterocycles. The number of carbonyl (C=O) groups is 2. The summed E-state index contributed by atoms with van der Waals surface area (Å²) in [6.07, 6.45) is 4.64. The van der Waals surface area contributed by atoms with Gasteiger partial charge in [0.25, 0.3) is 11.8 Å². The summed E-state index contributed by atoms with van der Waals surface area (Å²) in [5.41, 5.74) is 2.76. The number of rotatable bonds is 11. The summed E-state index contributed by atoms with van der Waals surface area (Å²) in [7, 11) is 0. The Morgan fingerprint density at radius 3 is 2.09 bits per heavy atom. The molecule has 0 saturated carbocycles. The largest absolute Gasteiger partial charge is 0.494 e. The van der Waals surface area contributed by atoms with Crippen molar-refractivity contribution in [3.8, 4) is 5.75 Å². The molecule has 32 heavy (non-hydrogen) atoms. The number of anilines is 1. The molecule has 0 aliphatic rings. The molecule has 166 valence electrons. The molecule has 3 aromatic carbocycles. The van der Waals surface area contributed by atoms with Crippen molar-refractivity contribution in [1.82, 2.24) is 5.32 Å². The van der Waals surface area contributed by atoms with Gasteiger partial charge in [-0.3, -0.25) is 9.59 Å². The summed E-state index contributed by atoms with van der Waals surface area (Å²) in [5, 5.41) is 5.75. The normalized spacial score (nSPS) is 10.4. The molecule has 0 radical (unpaired) electrons. The number of unbranched alkanes of at least 4 members (excludes halogenated alkanes) is 3. The summed E-state index contributed by atoms with van der Waals surface area (Å²) in [4.78, 5) is 24.8. The van der Waals surface area contributed by atoms with Crippen LogP contribution in [-0.4, -0.2) is 18.4 Å². The molecule has 0 unspecified atom stereocenters. The van der Waals surface area contributed by atoms with Gasteiger partial charge in [-0.2, -0.15) is 0 Å². The molecule has 3 rings (SSSR count). The maximum absolute atomic E-state index is 12.5. The molecule has 0 aliphatic heterocycles. The van der Waals surface area contributed by atoms with Gasteiger partial charge in [-0.05, 0) is 60.5 Å². The van der Waals surface area contributed by atoms with Crippen LogP contribution < -0.4 is 15.4 Å². The lowest BCUT2D eigenvalue weighted by molar-refractivity contribution is 0.0950. The molecule has 0 aliphatic carbocycles. The van der Waals surface area contributed by atoms with Crippen molar-refractivity contribution in [3.63, 3.8) is 0 Å². The first-order chi connectivity index (χ1) is 15.7. The van der Waals surface area contributed by atoms with E-state index in [0.29, 0.717) is 30.0 Å². The van der Waals surface area contributed by atoms with Crippen molar-refractivity contribution in [2.45, 2.75) is 39.2 Å². The van der Waals surface area contributed by atoms with E-state index in [-0.39, 0.29) is 11.8 Å². The van der Waals surface area contributed by atoms with Crippen molar-refractivity contribution in [1.29, 1.82) is 0 Å². The second-order valence-corrected chi connectivity index (χ2v) is 7.63. The zero-order valence-corrected chi connectivity index (χ0v) is 18.5. The minimum Gasteiger partial charge on any atom is -0.494 e. The summed E-state index contributed by atoms with van der Waals surface area (Å²) < 4.78 is 5.72. The lowest BCUT2D eigenvalue weighted by Crippen LogP contribution is -2.22. The number of hydrogen-bond acceptors (Lipinski definition) is 3. The molecule has 0 atom stereocenters. The third-order valence-electron chi connectivity index (χ3n) is 5.08. The number of hydrogen-bond donors (Lipinski definition) is 2. The van der Waals surface area contributed by atoms with Gasteiger partial charge in [0, 0.05) is 23.4 Å². The Bertz CT molecular complexity index is 984. The lowest BCUT2D eigenvalue weighted by atomic mass is 10.1.